The molecule has 0 aromatic heterocycles. The van der Waals surface area contributed by atoms with Crippen LogP contribution in [0.1, 0.15) is 39.5 Å². The van der Waals surface area contributed by atoms with Crippen LogP contribution in [0.2, 0.25) is 0 Å². The fourth-order valence-corrected chi connectivity index (χ4v) is 1.14. The van der Waals surface area contributed by atoms with E-state index in [1.807, 2.05) is 7.05 Å². The molecule has 1 rings (SSSR count). The summed E-state index contributed by atoms with van der Waals surface area (Å²) in [6.45, 7) is 5.02. The second kappa shape index (κ2) is 8.26. The minimum absolute atomic E-state index is 0.182. The lowest BCUT2D eigenvalue weighted by Crippen LogP contribution is -2.17. The number of nitrogens with zero attached hydrogens (tertiary/aromatic N) is 1. The topological polar surface area (TPSA) is 46.6 Å². The largest absolute Gasteiger partial charge is 0.466 e. The standard InChI is InChI=1S/C6H12O2.C5H9NO/c1-3-4-5-8-6(2)7;1-6-4-2-3-5(6)7/h3-5H2,1-2H3;2-4H2,1H3. The van der Waals surface area contributed by atoms with Crippen molar-refractivity contribution in [3.8, 4) is 0 Å². The van der Waals surface area contributed by atoms with Gasteiger partial charge >= 0.3 is 5.97 Å². The first-order chi connectivity index (χ1) is 7.07. The van der Waals surface area contributed by atoms with Crippen LogP contribution in [0.4, 0.5) is 0 Å². The van der Waals surface area contributed by atoms with Crippen LogP contribution in [-0.2, 0) is 14.3 Å². The van der Waals surface area contributed by atoms with Crippen molar-refractivity contribution in [1.29, 1.82) is 0 Å². The van der Waals surface area contributed by atoms with Gasteiger partial charge < -0.3 is 9.64 Å². The number of amides is 1. The highest BCUT2D eigenvalue weighted by molar-refractivity contribution is 5.77. The van der Waals surface area contributed by atoms with Gasteiger partial charge in [0.1, 0.15) is 0 Å². The van der Waals surface area contributed by atoms with Crippen LogP contribution >= 0.6 is 0 Å². The Kier molecular flexibility index (Phi) is 7.68. The molecule has 0 spiro atoms. The van der Waals surface area contributed by atoms with Crippen molar-refractivity contribution < 1.29 is 14.3 Å². The molecule has 0 aromatic rings. The van der Waals surface area contributed by atoms with Gasteiger partial charge in [-0.25, -0.2) is 0 Å². The number of likely N-dealkylation sites (tertiary alicyclic amines) is 1. The van der Waals surface area contributed by atoms with Crippen LogP contribution in [-0.4, -0.2) is 37.0 Å². The van der Waals surface area contributed by atoms with Gasteiger partial charge in [-0.1, -0.05) is 13.3 Å². The van der Waals surface area contributed by atoms with Crippen LogP contribution in [0.15, 0.2) is 0 Å². The smallest absolute Gasteiger partial charge is 0.302 e. The summed E-state index contributed by atoms with van der Waals surface area (Å²) >= 11 is 0. The van der Waals surface area contributed by atoms with Crippen LogP contribution < -0.4 is 0 Å². The Balaban J connectivity index is 0.000000262. The van der Waals surface area contributed by atoms with Crippen LogP contribution in [0.5, 0.6) is 0 Å². The summed E-state index contributed by atoms with van der Waals surface area (Å²) in [4.78, 5) is 22.4. The molecule has 0 bridgehead atoms. The van der Waals surface area contributed by atoms with Crippen molar-refractivity contribution in [2.24, 2.45) is 0 Å². The number of carbonyl (C=O) groups is 2. The lowest BCUT2D eigenvalue weighted by molar-refractivity contribution is -0.141. The minimum atomic E-state index is -0.182. The molecule has 88 valence electrons. The Labute approximate surface area is 91.6 Å². The first kappa shape index (κ1) is 13.9. The summed E-state index contributed by atoms with van der Waals surface area (Å²) in [6, 6.07) is 0. The van der Waals surface area contributed by atoms with Gasteiger partial charge in [-0.05, 0) is 12.8 Å². The lowest BCUT2D eigenvalue weighted by Gasteiger charge is -2.03. The minimum Gasteiger partial charge on any atom is -0.466 e. The average Bonchev–Trinajstić information content (AvgIpc) is 2.52. The van der Waals surface area contributed by atoms with Crippen LogP contribution in [0.25, 0.3) is 0 Å². The predicted octanol–water partition coefficient (Wildman–Crippen LogP) is 1.59. The maximum absolute atomic E-state index is 10.5. The molecule has 0 aromatic carbocycles. The Morgan fingerprint density at radius 1 is 1.53 bits per heavy atom. The highest BCUT2D eigenvalue weighted by atomic mass is 16.5. The fourth-order valence-electron chi connectivity index (χ4n) is 1.14. The summed E-state index contributed by atoms with van der Waals surface area (Å²) < 4.78 is 4.64. The summed E-state index contributed by atoms with van der Waals surface area (Å²) in [5, 5.41) is 0. The molecule has 1 heterocycles. The zero-order chi connectivity index (χ0) is 11.7. The number of unbranched alkanes of at least 4 members (excludes halogenated alkanes) is 1. The van der Waals surface area contributed by atoms with E-state index in [0.29, 0.717) is 12.5 Å². The quantitative estimate of drug-likeness (QED) is 0.530. The van der Waals surface area contributed by atoms with Crippen molar-refractivity contribution in [3.05, 3.63) is 0 Å². The number of esters is 1. The van der Waals surface area contributed by atoms with Crippen LogP contribution in [0, 0.1) is 0 Å². The molecule has 4 nitrogen and oxygen atoms in total. The fraction of sp³-hybridized carbons (Fsp3) is 0.818. The van der Waals surface area contributed by atoms with Crippen molar-refractivity contribution in [2.45, 2.75) is 39.5 Å². The summed E-state index contributed by atoms with van der Waals surface area (Å²) in [7, 11) is 1.84. The summed E-state index contributed by atoms with van der Waals surface area (Å²) in [5.74, 6) is 0.110. The number of carbonyl (C=O) groups excluding carboxylic acids is 2. The zero-order valence-corrected chi connectivity index (χ0v) is 9.91. The Hall–Kier alpha value is -1.06. The average molecular weight is 215 g/mol. The Bertz CT molecular complexity index is 204. The van der Waals surface area contributed by atoms with Crippen LogP contribution in [0.3, 0.4) is 0 Å². The first-order valence-electron chi connectivity index (χ1n) is 5.45. The van der Waals surface area contributed by atoms with E-state index in [4.69, 9.17) is 0 Å². The number of hydrogen-bond donors (Lipinski definition) is 0. The van der Waals surface area contributed by atoms with Crippen molar-refractivity contribution >= 4 is 11.9 Å². The van der Waals surface area contributed by atoms with Crippen molar-refractivity contribution in [2.75, 3.05) is 20.2 Å². The van der Waals surface area contributed by atoms with E-state index in [1.165, 1.54) is 6.92 Å². The third kappa shape index (κ3) is 7.97. The molecule has 1 amide bonds. The Morgan fingerprint density at radius 3 is 2.47 bits per heavy atom. The van der Waals surface area contributed by atoms with Crippen molar-refractivity contribution in [1.82, 2.24) is 4.90 Å². The zero-order valence-electron chi connectivity index (χ0n) is 9.91. The van der Waals surface area contributed by atoms with Gasteiger partial charge in [0.15, 0.2) is 0 Å². The van der Waals surface area contributed by atoms with E-state index in [0.717, 1.165) is 32.2 Å². The first-order valence-corrected chi connectivity index (χ1v) is 5.45. The van der Waals surface area contributed by atoms with Gasteiger partial charge in [0.05, 0.1) is 6.61 Å². The molecule has 0 unspecified atom stereocenters. The SMILES string of the molecule is CCCCOC(C)=O.CN1CCCC1=O. The van der Waals surface area contributed by atoms with Gasteiger partial charge in [0.25, 0.3) is 0 Å². The molecule has 0 atom stereocenters. The highest BCUT2D eigenvalue weighted by Crippen LogP contribution is 2.04. The van der Waals surface area contributed by atoms with E-state index >= 15 is 0 Å². The molecule has 0 saturated carbocycles. The number of hydrogen-bond acceptors (Lipinski definition) is 3. The summed E-state index contributed by atoms with van der Waals surface area (Å²) in [6.07, 6.45) is 3.86. The molecular formula is C11H21NO3. The molecule has 1 aliphatic heterocycles. The maximum Gasteiger partial charge on any atom is 0.302 e. The van der Waals surface area contributed by atoms with E-state index in [9.17, 15) is 9.59 Å². The predicted molar refractivity (Wildman–Crippen MR) is 58.4 cm³/mol. The van der Waals surface area contributed by atoms with Gasteiger partial charge in [-0.2, -0.15) is 0 Å². The lowest BCUT2D eigenvalue weighted by atomic mass is 10.4. The van der Waals surface area contributed by atoms with Gasteiger partial charge in [0, 0.05) is 26.9 Å². The molecule has 4 heteroatoms. The molecule has 1 fully saturated rings. The van der Waals surface area contributed by atoms with Gasteiger partial charge in [0.2, 0.25) is 5.91 Å². The molecule has 1 aliphatic rings. The van der Waals surface area contributed by atoms with Crippen molar-refractivity contribution in [3.63, 3.8) is 0 Å². The molecular weight excluding hydrogens is 194 g/mol. The van der Waals surface area contributed by atoms with E-state index in [-0.39, 0.29) is 5.97 Å². The number of rotatable bonds is 3. The van der Waals surface area contributed by atoms with Gasteiger partial charge in [-0.3, -0.25) is 9.59 Å². The maximum atomic E-state index is 10.5. The third-order valence-electron chi connectivity index (χ3n) is 2.11. The molecule has 15 heavy (non-hydrogen) atoms. The third-order valence-corrected chi connectivity index (χ3v) is 2.11. The molecule has 0 aliphatic carbocycles. The molecule has 0 N–H and O–H groups in total. The second-order valence-corrected chi connectivity index (χ2v) is 3.61. The molecule has 1 saturated heterocycles. The summed E-state index contributed by atoms with van der Waals surface area (Å²) in [5.41, 5.74) is 0. The number of ether oxygens (including phenoxy) is 1. The van der Waals surface area contributed by atoms with E-state index in [2.05, 4.69) is 11.7 Å². The monoisotopic (exact) mass is 215 g/mol. The normalized spacial score (nSPS) is 14.6. The van der Waals surface area contributed by atoms with E-state index in [1.54, 1.807) is 4.90 Å². The molecule has 0 radical (unpaired) electrons. The Morgan fingerprint density at radius 2 is 2.20 bits per heavy atom. The van der Waals surface area contributed by atoms with E-state index < -0.39 is 0 Å². The second-order valence-electron chi connectivity index (χ2n) is 3.61. The highest BCUT2D eigenvalue weighted by Gasteiger charge is 2.14. The van der Waals surface area contributed by atoms with Gasteiger partial charge in [-0.15, -0.1) is 0 Å².